The monoisotopic (exact) mass is 403 g/mol. The molecule has 0 saturated carbocycles. The minimum Gasteiger partial charge on any atom is -0.480 e. The van der Waals surface area contributed by atoms with E-state index in [1.807, 2.05) is 0 Å². The predicted molar refractivity (Wildman–Crippen MR) is 97.9 cm³/mol. The van der Waals surface area contributed by atoms with Gasteiger partial charge in [0.2, 0.25) is 5.91 Å². The molecule has 0 aromatic rings. The van der Waals surface area contributed by atoms with E-state index >= 15 is 0 Å². The quantitative estimate of drug-likeness (QED) is 0.325. The van der Waals surface area contributed by atoms with Gasteiger partial charge in [-0.25, -0.2) is 0 Å². The molecule has 0 bridgehead atoms. The van der Waals surface area contributed by atoms with Gasteiger partial charge in [-0.3, -0.25) is 38.8 Å². The van der Waals surface area contributed by atoms with Gasteiger partial charge < -0.3 is 21.1 Å². The summed E-state index contributed by atoms with van der Waals surface area (Å²) in [6, 6.07) is 0. The van der Waals surface area contributed by atoms with Gasteiger partial charge in [0.05, 0.1) is 26.2 Å². The Morgan fingerprint density at radius 2 is 0.750 bits per heavy atom. The van der Waals surface area contributed by atoms with Gasteiger partial charge in [-0.1, -0.05) is 0 Å². The summed E-state index contributed by atoms with van der Waals surface area (Å²) in [5.41, 5.74) is 5.28. The van der Waals surface area contributed by atoms with Crippen LogP contribution in [-0.2, 0) is 19.2 Å². The van der Waals surface area contributed by atoms with Crippen molar-refractivity contribution in [2.45, 2.75) is 0 Å². The second-order valence-electron chi connectivity index (χ2n) is 6.75. The van der Waals surface area contributed by atoms with Gasteiger partial charge in [-0.15, -0.1) is 0 Å². The lowest BCUT2D eigenvalue weighted by Gasteiger charge is -2.32. The van der Waals surface area contributed by atoms with Crippen LogP contribution in [0.15, 0.2) is 0 Å². The fourth-order valence-corrected chi connectivity index (χ4v) is 3.01. The molecule has 160 valence electrons. The summed E-state index contributed by atoms with van der Waals surface area (Å²) >= 11 is 0. The second kappa shape index (κ2) is 12.2. The van der Waals surface area contributed by atoms with Crippen LogP contribution in [0.5, 0.6) is 0 Å². The van der Waals surface area contributed by atoms with E-state index in [0.717, 1.165) is 0 Å². The molecule has 1 aliphatic rings. The molecule has 0 aliphatic carbocycles. The first-order valence-electron chi connectivity index (χ1n) is 8.98. The number of primary amides is 1. The Balaban J connectivity index is 2.90. The van der Waals surface area contributed by atoms with Crippen molar-refractivity contribution in [1.29, 1.82) is 0 Å². The van der Waals surface area contributed by atoms with Crippen LogP contribution in [0, 0.1) is 0 Å². The number of hydrogen-bond donors (Lipinski definition) is 4. The molecule has 1 rings (SSSR count). The molecule has 5 N–H and O–H groups in total. The molecule has 1 heterocycles. The molecule has 12 heteroatoms. The Hall–Kier alpha value is -2.28. The molecule has 1 fully saturated rings. The van der Waals surface area contributed by atoms with Gasteiger partial charge in [-0.05, 0) is 0 Å². The zero-order valence-corrected chi connectivity index (χ0v) is 15.8. The molecule has 1 amide bonds. The Kier molecular flexibility index (Phi) is 10.4. The topological polar surface area (TPSA) is 168 Å². The normalized spacial score (nSPS) is 19.4. The van der Waals surface area contributed by atoms with Crippen LogP contribution in [0.3, 0.4) is 0 Å². The highest BCUT2D eigenvalue weighted by Gasteiger charge is 2.20. The van der Waals surface area contributed by atoms with Crippen molar-refractivity contribution in [3.8, 4) is 0 Å². The maximum Gasteiger partial charge on any atom is 0.317 e. The van der Waals surface area contributed by atoms with Crippen LogP contribution >= 0.6 is 0 Å². The first-order valence-corrected chi connectivity index (χ1v) is 8.98. The highest BCUT2D eigenvalue weighted by atomic mass is 16.4. The minimum atomic E-state index is -1.01. The van der Waals surface area contributed by atoms with E-state index in [1.54, 1.807) is 19.6 Å². The number of carbonyl (C=O) groups excluding carboxylic acids is 1. The number of nitrogens with two attached hydrogens (primary N) is 1. The summed E-state index contributed by atoms with van der Waals surface area (Å²) in [4.78, 5) is 51.4. The number of carbonyl (C=O) groups is 4. The summed E-state index contributed by atoms with van der Waals surface area (Å²) in [7, 11) is 0. The van der Waals surface area contributed by atoms with Gasteiger partial charge in [0.15, 0.2) is 0 Å². The highest BCUT2D eigenvalue weighted by Crippen LogP contribution is 2.01. The van der Waals surface area contributed by atoms with Crippen molar-refractivity contribution in [1.82, 2.24) is 19.6 Å². The van der Waals surface area contributed by atoms with Gasteiger partial charge in [0, 0.05) is 52.4 Å². The fraction of sp³-hybridized carbons (Fsp3) is 0.750. The Morgan fingerprint density at radius 3 is 0.929 bits per heavy atom. The molecule has 1 saturated heterocycles. The second-order valence-corrected chi connectivity index (χ2v) is 6.75. The van der Waals surface area contributed by atoms with E-state index in [4.69, 9.17) is 21.1 Å². The molecule has 0 radical (unpaired) electrons. The van der Waals surface area contributed by atoms with Gasteiger partial charge >= 0.3 is 17.9 Å². The molecule has 12 nitrogen and oxygen atoms in total. The lowest BCUT2D eigenvalue weighted by atomic mass is 10.3. The number of carboxylic acids is 3. The van der Waals surface area contributed by atoms with Crippen molar-refractivity contribution in [3.63, 3.8) is 0 Å². The molecule has 1 aliphatic heterocycles. The standard InChI is InChI=1S/C16H29N5O7/c17-13(22)9-18-1-3-19(10-14(23)24)5-7-21(12-16(27)28)8-6-20(4-2-18)11-15(25)26/h1-12H2,(H2,17,22)(H,23,24)(H,25,26)(H,27,28). The molecule has 0 unspecified atom stereocenters. The smallest absolute Gasteiger partial charge is 0.317 e. The summed E-state index contributed by atoms with van der Waals surface area (Å²) in [5.74, 6) is -3.51. The molecule has 0 aromatic carbocycles. The van der Waals surface area contributed by atoms with Crippen LogP contribution in [0.1, 0.15) is 0 Å². The van der Waals surface area contributed by atoms with E-state index in [-0.39, 0.29) is 26.2 Å². The van der Waals surface area contributed by atoms with Crippen molar-refractivity contribution >= 4 is 23.8 Å². The number of aliphatic carboxylic acids is 3. The molecule has 28 heavy (non-hydrogen) atoms. The first kappa shape index (κ1) is 23.8. The van der Waals surface area contributed by atoms with Gasteiger partial charge in [0.25, 0.3) is 0 Å². The predicted octanol–water partition coefficient (Wildman–Crippen LogP) is -3.05. The number of amides is 1. The van der Waals surface area contributed by atoms with Crippen LogP contribution in [0.25, 0.3) is 0 Å². The van der Waals surface area contributed by atoms with Crippen LogP contribution < -0.4 is 5.73 Å². The lowest BCUT2D eigenvalue weighted by molar-refractivity contribution is -0.140. The first-order chi connectivity index (χ1) is 13.2. The fourth-order valence-electron chi connectivity index (χ4n) is 3.01. The summed E-state index contributed by atoms with van der Waals surface area (Å²) in [6.45, 7) is 2.21. The summed E-state index contributed by atoms with van der Waals surface area (Å²) in [6.07, 6.45) is 0. The molecule has 0 aromatic heterocycles. The highest BCUT2D eigenvalue weighted by molar-refractivity contribution is 5.76. The maximum absolute atomic E-state index is 11.3. The van der Waals surface area contributed by atoms with Crippen LogP contribution in [0.4, 0.5) is 0 Å². The van der Waals surface area contributed by atoms with Crippen LogP contribution in [-0.4, -0.2) is 137 Å². The minimum absolute atomic E-state index is 0.00698. The number of nitrogens with zero attached hydrogens (tertiary/aromatic N) is 4. The van der Waals surface area contributed by atoms with E-state index < -0.39 is 23.8 Å². The van der Waals surface area contributed by atoms with Crippen LogP contribution in [0.2, 0.25) is 0 Å². The number of hydrogen-bond acceptors (Lipinski definition) is 8. The largest absolute Gasteiger partial charge is 0.480 e. The summed E-state index contributed by atoms with van der Waals surface area (Å²) < 4.78 is 0. The SMILES string of the molecule is NC(=O)CN1CCN(CC(=O)O)CCN(CC(=O)O)CCN(CC(=O)O)CC1. The van der Waals surface area contributed by atoms with Crippen molar-refractivity contribution in [2.75, 3.05) is 78.5 Å². The number of carboxylic acid groups (broad SMARTS) is 3. The van der Waals surface area contributed by atoms with E-state index in [1.165, 1.54) is 0 Å². The van der Waals surface area contributed by atoms with E-state index in [9.17, 15) is 19.2 Å². The maximum atomic E-state index is 11.3. The average molecular weight is 403 g/mol. The molecule has 0 spiro atoms. The third kappa shape index (κ3) is 10.8. The van der Waals surface area contributed by atoms with Crippen molar-refractivity contribution < 1.29 is 34.5 Å². The number of rotatable bonds is 8. The van der Waals surface area contributed by atoms with Gasteiger partial charge in [-0.2, -0.15) is 0 Å². The van der Waals surface area contributed by atoms with Gasteiger partial charge in [0.1, 0.15) is 0 Å². The average Bonchev–Trinajstić information content (AvgIpc) is 2.55. The summed E-state index contributed by atoms with van der Waals surface area (Å²) in [5, 5.41) is 27.3. The third-order valence-corrected chi connectivity index (χ3v) is 4.39. The van der Waals surface area contributed by atoms with Crippen molar-refractivity contribution in [2.24, 2.45) is 5.73 Å². The third-order valence-electron chi connectivity index (χ3n) is 4.39. The lowest BCUT2D eigenvalue weighted by Crippen LogP contribution is -2.49. The Morgan fingerprint density at radius 1 is 0.536 bits per heavy atom. The Labute approximate surface area is 163 Å². The molecular formula is C16H29N5O7. The van der Waals surface area contributed by atoms with Crippen molar-refractivity contribution in [3.05, 3.63) is 0 Å². The van der Waals surface area contributed by atoms with E-state index in [0.29, 0.717) is 52.4 Å². The zero-order valence-electron chi connectivity index (χ0n) is 15.8. The Bertz CT molecular complexity index is 448. The molecular weight excluding hydrogens is 374 g/mol. The molecule has 0 atom stereocenters. The van der Waals surface area contributed by atoms with E-state index in [2.05, 4.69) is 0 Å². The zero-order chi connectivity index (χ0) is 21.1.